The van der Waals surface area contributed by atoms with E-state index in [-0.39, 0.29) is 5.92 Å². The van der Waals surface area contributed by atoms with Crippen molar-refractivity contribution in [1.82, 2.24) is 0 Å². The molecule has 5 N–H and O–H groups in total. The summed E-state index contributed by atoms with van der Waals surface area (Å²) in [5, 5.41) is 9.71. The second-order valence-corrected chi connectivity index (χ2v) is 9.23. The molecule has 0 bridgehead atoms. The van der Waals surface area contributed by atoms with Crippen molar-refractivity contribution in [2.75, 3.05) is 5.75 Å². The van der Waals surface area contributed by atoms with Crippen molar-refractivity contribution in [3.63, 3.8) is 0 Å². The molecule has 0 saturated heterocycles. The zero-order valence-corrected chi connectivity index (χ0v) is 13.6. The first-order chi connectivity index (χ1) is 9.09. The molecular weight excluding hydrogens is 326 g/mol. The largest absolute Gasteiger partial charge is 0.380 e. The minimum absolute atomic E-state index is 0.0408. The Hall–Kier alpha value is 0.610. The highest BCUT2D eigenvalue weighted by Gasteiger charge is 2.51. The summed E-state index contributed by atoms with van der Waals surface area (Å²) in [5.74, 6) is -2.28. The van der Waals surface area contributed by atoms with Crippen molar-refractivity contribution in [2.45, 2.75) is 43.6 Å². The fraction of sp³-hybridized carbons (Fsp3) is 1.00. The molecule has 1 rings (SSSR count). The Kier molecular flexibility index (Phi) is 6.76. The van der Waals surface area contributed by atoms with Crippen LogP contribution in [0.25, 0.3) is 0 Å². The van der Waals surface area contributed by atoms with Crippen molar-refractivity contribution in [1.29, 1.82) is 0 Å². The Labute approximate surface area is 123 Å². The van der Waals surface area contributed by atoms with Crippen LogP contribution in [-0.4, -0.2) is 41.9 Å². The van der Waals surface area contributed by atoms with Gasteiger partial charge in [0.1, 0.15) is 5.66 Å². The maximum atomic E-state index is 11.6. The molecule has 1 aliphatic carbocycles. The highest BCUT2D eigenvalue weighted by atomic mass is 32.1. The molecule has 4 unspecified atom stereocenters. The summed E-state index contributed by atoms with van der Waals surface area (Å²) in [7, 11) is -9.77. The van der Waals surface area contributed by atoms with Gasteiger partial charge in [0.05, 0.1) is 0 Å². The number of aliphatic hydroxyl groups is 1. The molecule has 1 fully saturated rings. The summed E-state index contributed by atoms with van der Waals surface area (Å²) >= 11 is 4.09. The molecular formula is C10H22O7P2S. The Bertz CT molecular complexity index is 406. The zero-order valence-electron chi connectivity index (χ0n) is 10.9. The second-order valence-electron chi connectivity index (χ2n) is 5.30. The smallest absolute Gasteiger partial charge is 0.354 e. The van der Waals surface area contributed by atoms with Gasteiger partial charge in [-0.2, -0.15) is 12.6 Å². The molecule has 0 radical (unpaired) electrons. The van der Waals surface area contributed by atoms with Gasteiger partial charge >= 0.3 is 15.2 Å². The van der Waals surface area contributed by atoms with Crippen LogP contribution in [0.3, 0.4) is 0 Å². The van der Waals surface area contributed by atoms with Crippen LogP contribution in [0.2, 0.25) is 0 Å². The van der Waals surface area contributed by atoms with Crippen molar-refractivity contribution in [3.8, 4) is 0 Å². The lowest BCUT2D eigenvalue weighted by molar-refractivity contribution is 0.149. The summed E-state index contributed by atoms with van der Waals surface area (Å²) in [4.78, 5) is 36.9. The quantitative estimate of drug-likeness (QED) is 0.300. The highest BCUT2D eigenvalue weighted by Crippen LogP contribution is 2.59. The van der Waals surface area contributed by atoms with Crippen LogP contribution >= 0.6 is 27.8 Å². The van der Waals surface area contributed by atoms with Gasteiger partial charge in [0, 0.05) is 0 Å². The number of hydrogen-bond acceptors (Lipinski definition) is 4. The van der Waals surface area contributed by atoms with Gasteiger partial charge in [0.25, 0.3) is 0 Å². The first kappa shape index (κ1) is 18.7. The maximum absolute atomic E-state index is 11.6. The molecule has 20 heavy (non-hydrogen) atoms. The van der Waals surface area contributed by atoms with Crippen LogP contribution in [0.1, 0.15) is 32.1 Å². The molecule has 4 atom stereocenters. The van der Waals surface area contributed by atoms with E-state index in [4.69, 9.17) is 9.79 Å². The predicted molar refractivity (Wildman–Crippen MR) is 77.8 cm³/mol. The molecule has 0 amide bonds. The minimum Gasteiger partial charge on any atom is -0.380 e. The van der Waals surface area contributed by atoms with E-state index >= 15 is 0 Å². The number of aliphatic hydroxyl groups excluding tert-OH is 1. The summed E-state index contributed by atoms with van der Waals surface area (Å²) in [6, 6.07) is 0. The molecule has 0 aliphatic heterocycles. The van der Waals surface area contributed by atoms with Crippen LogP contribution in [-0.2, 0) is 9.13 Å². The second kappa shape index (κ2) is 7.25. The van der Waals surface area contributed by atoms with Crippen LogP contribution in [0, 0.1) is 11.8 Å². The minimum atomic E-state index is -4.97. The third-order valence-electron chi connectivity index (χ3n) is 3.93. The van der Waals surface area contributed by atoms with Crippen molar-refractivity contribution in [2.24, 2.45) is 11.8 Å². The molecule has 0 aromatic heterocycles. The Morgan fingerprint density at radius 1 is 1.10 bits per heavy atom. The fourth-order valence-corrected chi connectivity index (χ4v) is 6.15. The average Bonchev–Trinajstić information content (AvgIpc) is 2.71. The molecule has 0 heterocycles. The Balaban J connectivity index is 2.99. The standard InChI is InChI=1S/C10H22O7P2S/c11-10(19(15,16)17)9(18(12,13)14)8-5-1-3-7(8)4-2-6-20/h7-11,20H,1-6H2,(H2,12,13,14)(H2,15,16,17). The van der Waals surface area contributed by atoms with Crippen LogP contribution in [0.4, 0.5) is 0 Å². The Morgan fingerprint density at radius 2 is 1.70 bits per heavy atom. The third-order valence-corrected chi connectivity index (χ3v) is 6.93. The molecule has 1 aliphatic rings. The third kappa shape index (κ3) is 4.82. The van der Waals surface area contributed by atoms with Gasteiger partial charge in [0.15, 0.2) is 5.85 Å². The highest BCUT2D eigenvalue weighted by molar-refractivity contribution is 7.80. The van der Waals surface area contributed by atoms with E-state index in [0.717, 1.165) is 19.3 Å². The van der Waals surface area contributed by atoms with Crippen LogP contribution < -0.4 is 0 Å². The molecule has 1 saturated carbocycles. The normalized spacial score (nSPS) is 27.5. The summed E-state index contributed by atoms with van der Waals surface area (Å²) in [6.45, 7) is 0. The van der Waals surface area contributed by atoms with E-state index in [1.165, 1.54) is 0 Å². The average molecular weight is 348 g/mol. The molecule has 7 nitrogen and oxygen atoms in total. The fourth-order valence-electron chi connectivity index (χ4n) is 3.07. The number of thiol groups is 1. The van der Waals surface area contributed by atoms with Crippen molar-refractivity contribution >= 4 is 27.8 Å². The van der Waals surface area contributed by atoms with E-state index in [0.29, 0.717) is 18.6 Å². The molecule has 0 spiro atoms. The van der Waals surface area contributed by atoms with E-state index in [1.807, 2.05) is 0 Å². The van der Waals surface area contributed by atoms with Gasteiger partial charge in [-0.3, -0.25) is 9.13 Å². The monoisotopic (exact) mass is 348 g/mol. The van der Waals surface area contributed by atoms with E-state index in [2.05, 4.69) is 12.6 Å². The van der Waals surface area contributed by atoms with E-state index in [9.17, 15) is 24.0 Å². The Morgan fingerprint density at radius 3 is 2.15 bits per heavy atom. The molecule has 120 valence electrons. The van der Waals surface area contributed by atoms with E-state index in [1.54, 1.807) is 0 Å². The number of rotatable bonds is 7. The zero-order chi connectivity index (χ0) is 15.6. The van der Waals surface area contributed by atoms with Crippen LogP contribution in [0.5, 0.6) is 0 Å². The van der Waals surface area contributed by atoms with Gasteiger partial charge in [-0.15, -0.1) is 0 Å². The van der Waals surface area contributed by atoms with Crippen LogP contribution in [0.15, 0.2) is 0 Å². The van der Waals surface area contributed by atoms with Gasteiger partial charge in [0.2, 0.25) is 0 Å². The molecule has 0 aromatic carbocycles. The molecule has 0 aromatic rings. The topological polar surface area (TPSA) is 135 Å². The first-order valence-electron chi connectivity index (χ1n) is 6.48. The lowest BCUT2D eigenvalue weighted by Crippen LogP contribution is -2.35. The lowest BCUT2D eigenvalue weighted by atomic mass is 9.89. The van der Waals surface area contributed by atoms with Gasteiger partial charge in [-0.1, -0.05) is 12.8 Å². The maximum Gasteiger partial charge on any atom is 0.354 e. The van der Waals surface area contributed by atoms with E-state index < -0.39 is 32.6 Å². The lowest BCUT2D eigenvalue weighted by Gasteiger charge is -2.32. The number of hydrogen-bond donors (Lipinski definition) is 6. The van der Waals surface area contributed by atoms with Crippen molar-refractivity contribution in [3.05, 3.63) is 0 Å². The SMILES string of the molecule is O=P(O)(O)C(O)C(C1CCCC1CCCS)P(=O)(O)O. The van der Waals surface area contributed by atoms with Gasteiger partial charge < -0.3 is 24.7 Å². The van der Waals surface area contributed by atoms with Gasteiger partial charge in [-0.05, 0) is 36.9 Å². The first-order valence-corrected chi connectivity index (χ1v) is 10.5. The molecule has 10 heteroatoms. The summed E-state index contributed by atoms with van der Waals surface area (Å²) in [6.07, 6.45) is 3.42. The van der Waals surface area contributed by atoms with Crippen molar-refractivity contribution < 1.29 is 33.8 Å². The van der Waals surface area contributed by atoms with Gasteiger partial charge in [-0.25, -0.2) is 0 Å². The summed E-state index contributed by atoms with van der Waals surface area (Å²) in [5.41, 5.74) is -1.70. The predicted octanol–water partition coefficient (Wildman–Crippen LogP) is 1.16. The summed E-state index contributed by atoms with van der Waals surface area (Å²) < 4.78 is 22.8.